The van der Waals surface area contributed by atoms with E-state index in [1.54, 1.807) is 37.4 Å². The van der Waals surface area contributed by atoms with Gasteiger partial charge >= 0.3 is 5.97 Å². The van der Waals surface area contributed by atoms with Crippen molar-refractivity contribution in [2.45, 2.75) is 36.8 Å². The molecule has 0 spiro atoms. The van der Waals surface area contributed by atoms with Crippen LogP contribution in [0.25, 0.3) is 10.9 Å². The first-order valence-corrected chi connectivity index (χ1v) is 13.9. The third-order valence-corrected chi connectivity index (χ3v) is 8.79. The van der Waals surface area contributed by atoms with Gasteiger partial charge in [0.1, 0.15) is 17.7 Å². The molecule has 1 unspecified atom stereocenters. The normalized spacial score (nSPS) is 15.9. The number of amides is 1. The Balaban J connectivity index is 1.52. The highest BCUT2D eigenvalue weighted by Crippen LogP contribution is 2.38. The molecule has 2 heterocycles. The van der Waals surface area contributed by atoms with Crippen LogP contribution in [-0.2, 0) is 36.9 Å². The summed E-state index contributed by atoms with van der Waals surface area (Å²) < 4.78 is 25.2. The molecule has 0 radical (unpaired) electrons. The Morgan fingerprint density at radius 3 is 2.54 bits per heavy atom. The monoisotopic (exact) mass is 566 g/mol. The maximum absolute atomic E-state index is 12.7. The van der Waals surface area contributed by atoms with Gasteiger partial charge in [0.05, 0.1) is 52.2 Å². The van der Waals surface area contributed by atoms with Gasteiger partial charge in [0.25, 0.3) is 0 Å². The van der Waals surface area contributed by atoms with Crippen molar-refractivity contribution in [3.05, 3.63) is 57.6 Å². The highest BCUT2D eigenvalue weighted by molar-refractivity contribution is 7.85. The van der Waals surface area contributed by atoms with Crippen molar-refractivity contribution in [2.75, 3.05) is 30.5 Å². The van der Waals surface area contributed by atoms with Crippen LogP contribution in [0.1, 0.15) is 30.0 Å². The number of benzene rings is 2. The standard InChI is InChI=1S/C26H28Cl2N2O6S/c1-16-11-21-20(26(28)25(16)27)12-23(29(21)2)30(15-32)22(13-31)17-3-5-19(6-4-17)37(34)14-24(33)36-18-7-9-35-10-8-18/h3-6,11-12,15,18,22,31H,7-10,13-14H2,1-2H3/t22-,37?/m1/s1. The van der Waals surface area contributed by atoms with Crippen LogP contribution in [0.3, 0.4) is 0 Å². The van der Waals surface area contributed by atoms with Crippen LogP contribution in [0.5, 0.6) is 0 Å². The summed E-state index contributed by atoms with van der Waals surface area (Å²) >= 11 is 12.8. The van der Waals surface area contributed by atoms with Gasteiger partial charge in [0.15, 0.2) is 0 Å². The summed E-state index contributed by atoms with van der Waals surface area (Å²) in [7, 11) is 0.210. The van der Waals surface area contributed by atoms with Gasteiger partial charge in [-0.3, -0.25) is 18.7 Å². The van der Waals surface area contributed by atoms with Crippen molar-refractivity contribution < 1.29 is 28.4 Å². The number of fused-ring (bicyclic) bond motifs is 1. The Bertz CT molecular complexity index is 1320. The third kappa shape index (κ3) is 5.86. The van der Waals surface area contributed by atoms with Crippen LogP contribution in [-0.4, -0.2) is 57.9 Å². The zero-order valence-electron chi connectivity index (χ0n) is 20.5. The molecule has 2 atom stereocenters. The molecule has 1 N–H and O–H groups in total. The minimum Gasteiger partial charge on any atom is -0.461 e. The van der Waals surface area contributed by atoms with Crippen molar-refractivity contribution >= 4 is 63.1 Å². The lowest BCUT2D eigenvalue weighted by atomic mass is 10.1. The Hall–Kier alpha value is -2.43. The maximum atomic E-state index is 12.7. The summed E-state index contributed by atoms with van der Waals surface area (Å²) in [5, 5.41) is 11.8. The average molecular weight is 567 g/mol. The van der Waals surface area contributed by atoms with E-state index in [1.807, 2.05) is 17.6 Å². The van der Waals surface area contributed by atoms with Crippen molar-refractivity contribution in [2.24, 2.45) is 7.05 Å². The Morgan fingerprint density at radius 1 is 1.24 bits per heavy atom. The van der Waals surface area contributed by atoms with Gasteiger partial charge in [0.2, 0.25) is 6.41 Å². The molecule has 0 bridgehead atoms. The number of aromatic nitrogens is 1. The predicted molar refractivity (Wildman–Crippen MR) is 144 cm³/mol. The van der Waals surface area contributed by atoms with E-state index in [0.717, 1.165) is 11.1 Å². The number of nitrogens with zero attached hydrogens (tertiary/aromatic N) is 2. The van der Waals surface area contributed by atoms with Gasteiger partial charge in [-0.15, -0.1) is 0 Å². The largest absolute Gasteiger partial charge is 0.461 e. The predicted octanol–water partition coefficient (Wildman–Crippen LogP) is 4.32. The highest BCUT2D eigenvalue weighted by atomic mass is 35.5. The number of halogens is 2. The second-order valence-electron chi connectivity index (χ2n) is 8.89. The number of hydrogen-bond acceptors (Lipinski definition) is 6. The molecule has 37 heavy (non-hydrogen) atoms. The van der Waals surface area contributed by atoms with E-state index in [2.05, 4.69) is 0 Å². The summed E-state index contributed by atoms with van der Waals surface area (Å²) in [6.45, 7) is 2.59. The molecule has 1 amide bonds. The van der Waals surface area contributed by atoms with Gasteiger partial charge in [-0.2, -0.15) is 0 Å². The Morgan fingerprint density at radius 2 is 1.92 bits per heavy atom. The van der Waals surface area contributed by atoms with E-state index in [1.165, 1.54) is 4.90 Å². The molecule has 0 saturated carbocycles. The van der Waals surface area contributed by atoms with Gasteiger partial charge in [-0.05, 0) is 42.3 Å². The summed E-state index contributed by atoms with van der Waals surface area (Å²) in [5.41, 5.74) is 2.23. The minimum atomic E-state index is -1.59. The quantitative estimate of drug-likeness (QED) is 0.306. The molecule has 1 aliphatic rings. The van der Waals surface area contributed by atoms with Crippen LogP contribution < -0.4 is 4.90 Å². The molecule has 198 valence electrons. The summed E-state index contributed by atoms with van der Waals surface area (Å²) in [5.74, 6) is -0.241. The summed E-state index contributed by atoms with van der Waals surface area (Å²) in [4.78, 5) is 26.3. The molecule has 4 rings (SSSR count). The lowest BCUT2D eigenvalue weighted by Crippen LogP contribution is -2.31. The van der Waals surface area contributed by atoms with E-state index < -0.39 is 22.8 Å². The van der Waals surface area contributed by atoms with Crippen molar-refractivity contribution in [3.8, 4) is 0 Å². The van der Waals surface area contributed by atoms with Crippen LogP contribution >= 0.6 is 23.2 Å². The van der Waals surface area contributed by atoms with Crippen molar-refractivity contribution in [1.82, 2.24) is 4.57 Å². The van der Waals surface area contributed by atoms with E-state index in [0.29, 0.717) is 64.2 Å². The Labute approximate surface area is 227 Å². The van der Waals surface area contributed by atoms with Gasteiger partial charge < -0.3 is 19.1 Å². The number of anilines is 1. The first kappa shape index (κ1) is 27.6. The SMILES string of the molecule is Cc1cc2c(cc(N(C=O)[C@H](CO)c3ccc(S(=O)CC(=O)OC4CCOCC4)cc3)n2C)c(Cl)c1Cl. The fraction of sp³-hybridized carbons (Fsp3) is 0.385. The maximum Gasteiger partial charge on any atom is 0.319 e. The molecule has 1 saturated heterocycles. The smallest absolute Gasteiger partial charge is 0.319 e. The molecule has 1 aliphatic heterocycles. The van der Waals surface area contributed by atoms with Gasteiger partial charge in [-0.1, -0.05) is 35.3 Å². The van der Waals surface area contributed by atoms with Crippen LogP contribution in [0.2, 0.25) is 10.0 Å². The number of rotatable bonds is 9. The first-order valence-electron chi connectivity index (χ1n) is 11.8. The van der Waals surface area contributed by atoms with Crippen molar-refractivity contribution in [1.29, 1.82) is 0 Å². The van der Waals surface area contributed by atoms with E-state index in [4.69, 9.17) is 32.7 Å². The van der Waals surface area contributed by atoms with E-state index in [9.17, 15) is 18.9 Å². The second kappa shape index (κ2) is 12.0. The lowest BCUT2D eigenvalue weighted by molar-refractivity contribution is -0.149. The lowest BCUT2D eigenvalue weighted by Gasteiger charge is -2.27. The number of esters is 1. The molecule has 2 aromatic carbocycles. The molecule has 3 aromatic rings. The number of aliphatic hydroxyl groups is 1. The van der Waals surface area contributed by atoms with Crippen LogP contribution in [0.4, 0.5) is 5.82 Å². The molecular formula is C26H28Cl2N2O6S. The second-order valence-corrected chi connectivity index (χ2v) is 11.1. The van der Waals surface area contributed by atoms with E-state index >= 15 is 0 Å². The first-order chi connectivity index (χ1) is 17.7. The topological polar surface area (TPSA) is 98.1 Å². The highest BCUT2D eigenvalue weighted by Gasteiger charge is 2.25. The number of aryl methyl sites for hydroxylation is 2. The van der Waals surface area contributed by atoms with Gasteiger partial charge in [-0.25, -0.2) is 0 Å². The zero-order valence-corrected chi connectivity index (χ0v) is 22.8. The summed E-state index contributed by atoms with van der Waals surface area (Å²) in [6.07, 6.45) is 1.72. The number of carbonyl (C=O) groups excluding carboxylic acids is 2. The molecule has 1 aromatic heterocycles. The van der Waals surface area contributed by atoms with Gasteiger partial charge in [0, 0.05) is 30.2 Å². The molecule has 11 heteroatoms. The third-order valence-electron chi connectivity index (χ3n) is 6.51. The fourth-order valence-electron chi connectivity index (χ4n) is 4.45. The van der Waals surface area contributed by atoms with Crippen LogP contribution in [0.15, 0.2) is 41.3 Å². The molecule has 0 aliphatic carbocycles. The van der Waals surface area contributed by atoms with E-state index in [-0.39, 0.29) is 18.5 Å². The van der Waals surface area contributed by atoms with Crippen LogP contribution in [0, 0.1) is 6.92 Å². The molecule has 8 nitrogen and oxygen atoms in total. The van der Waals surface area contributed by atoms with Crippen molar-refractivity contribution in [3.63, 3.8) is 0 Å². The average Bonchev–Trinajstić information content (AvgIpc) is 3.22. The number of aliphatic hydroxyl groups excluding tert-OH is 1. The summed E-state index contributed by atoms with van der Waals surface area (Å²) in [6, 6.07) is 9.56. The number of ether oxygens (including phenoxy) is 2. The zero-order chi connectivity index (χ0) is 26.7. The Kier molecular flexibility index (Phi) is 8.92. The number of carbonyl (C=O) groups is 2. The molecular weight excluding hydrogens is 539 g/mol. The minimum absolute atomic E-state index is 0.204. The molecule has 1 fully saturated rings. The fourth-order valence-corrected chi connectivity index (χ4v) is 5.79. The number of hydrogen-bond donors (Lipinski definition) is 1.